The molecule has 0 bridgehead atoms. The molecule has 0 unspecified atom stereocenters. The molecule has 2 rings (SSSR count). The molecule has 0 aliphatic rings. The topological polar surface area (TPSA) is 47.6 Å². The largest absolute Gasteiger partial charge is 0.497 e. The van der Waals surface area contributed by atoms with Gasteiger partial charge in [0.05, 0.1) is 7.11 Å². The Bertz CT molecular complexity index is 712. The Morgan fingerprint density at radius 3 is 2.72 bits per heavy atom. The number of aryl methyl sites for hydroxylation is 3. The van der Waals surface area contributed by atoms with Gasteiger partial charge < -0.3 is 14.8 Å². The molecule has 1 atom stereocenters. The Hall–Kier alpha value is -2.49. The summed E-state index contributed by atoms with van der Waals surface area (Å²) in [5, 5.41) is 2.94. The second kappa shape index (κ2) is 9.11. The maximum Gasteiger partial charge on any atom is 0.260 e. The van der Waals surface area contributed by atoms with Crippen LogP contribution in [0.25, 0.3) is 0 Å². The number of rotatable bonds is 8. The monoisotopic (exact) mass is 341 g/mol. The number of nitrogens with one attached hydrogen (secondary N) is 1. The average Bonchev–Trinajstić information content (AvgIpc) is 2.61. The van der Waals surface area contributed by atoms with Crippen LogP contribution in [0.3, 0.4) is 0 Å². The number of carbonyl (C=O) groups is 1. The fraction of sp³-hybridized carbons (Fsp3) is 0.381. The maximum absolute atomic E-state index is 12.2. The van der Waals surface area contributed by atoms with E-state index in [1.165, 1.54) is 5.56 Å². The molecule has 0 fully saturated rings. The molecule has 4 nitrogen and oxygen atoms in total. The van der Waals surface area contributed by atoms with E-state index in [1.807, 2.05) is 50.2 Å². The van der Waals surface area contributed by atoms with Gasteiger partial charge in [-0.2, -0.15) is 0 Å². The van der Waals surface area contributed by atoms with Crippen molar-refractivity contribution in [1.82, 2.24) is 5.32 Å². The van der Waals surface area contributed by atoms with Crippen molar-refractivity contribution in [3.05, 3.63) is 59.2 Å². The first kappa shape index (κ1) is 18.8. The standard InChI is InChI=1S/C21H27NO3/c1-15-10-11-16(2)20(13-15)25-17(3)21(23)22-12-6-8-18-7-5-9-19(14-18)24-4/h5,7,9-11,13-14,17H,6,8,12H2,1-4H3,(H,22,23)/t17-/m1/s1. The summed E-state index contributed by atoms with van der Waals surface area (Å²) >= 11 is 0. The van der Waals surface area contributed by atoms with Crippen molar-refractivity contribution in [3.8, 4) is 11.5 Å². The zero-order valence-corrected chi connectivity index (χ0v) is 15.5. The lowest BCUT2D eigenvalue weighted by molar-refractivity contribution is -0.127. The van der Waals surface area contributed by atoms with Crippen molar-refractivity contribution in [2.45, 2.75) is 39.7 Å². The number of carbonyl (C=O) groups excluding carboxylic acids is 1. The van der Waals surface area contributed by atoms with Crippen molar-refractivity contribution in [2.75, 3.05) is 13.7 Å². The minimum absolute atomic E-state index is 0.0912. The zero-order valence-electron chi connectivity index (χ0n) is 15.5. The summed E-state index contributed by atoms with van der Waals surface area (Å²) in [5.74, 6) is 1.53. The minimum atomic E-state index is -0.516. The molecule has 0 aliphatic heterocycles. The van der Waals surface area contributed by atoms with Crippen molar-refractivity contribution < 1.29 is 14.3 Å². The lowest BCUT2D eigenvalue weighted by Gasteiger charge is -2.16. The summed E-state index contributed by atoms with van der Waals surface area (Å²) < 4.78 is 11.0. The molecule has 4 heteroatoms. The van der Waals surface area contributed by atoms with Gasteiger partial charge in [-0.05, 0) is 68.5 Å². The van der Waals surface area contributed by atoms with Crippen molar-refractivity contribution in [3.63, 3.8) is 0 Å². The van der Waals surface area contributed by atoms with Gasteiger partial charge in [0, 0.05) is 6.54 Å². The number of methoxy groups -OCH3 is 1. The fourth-order valence-electron chi connectivity index (χ4n) is 2.55. The molecule has 0 spiro atoms. The summed E-state index contributed by atoms with van der Waals surface area (Å²) in [4.78, 5) is 12.2. The Labute approximate surface area is 150 Å². The van der Waals surface area contributed by atoms with Gasteiger partial charge in [-0.25, -0.2) is 0 Å². The third kappa shape index (κ3) is 5.82. The van der Waals surface area contributed by atoms with E-state index in [4.69, 9.17) is 9.47 Å². The van der Waals surface area contributed by atoms with Gasteiger partial charge in [-0.15, -0.1) is 0 Å². The summed E-state index contributed by atoms with van der Waals surface area (Å²) in [5.41, 5.74) is 3.35. The van der Waals surface area contributed by atoms with Crippen LogP contribution in [0.1, 0.15) is 30.0 Å². The molecule has 0 aliphatic carbocycles. The third-order valence-electron chi connectivity index (χ3n) is 4.09. The number of benzene rings is 2. The predicted molar refractivity (Wildman–Crippen MR) is 100 cm³/mol. The van der Waals surface area contributed by atoms with Crippen LogP contribution in [0.5, 0.6) is 11.5 Å². The minimum Gasteiger partial charge on any atom is -0.497 e. The summed E-state index contributed by atoms with van der Waals surface area (Å²) in [7, 11) is 1.66. The lowest BCUT2D eigenvalue weighted by atomic mass is 10.1. The average molecular weight is 341 g/mol. The van der Waals surface area contributed by atoms with Crippen LogP contribution in [0.2, 0.25) is 0 Å². The van der Waals surface area contributed by atoms with Gasteiger partial charge in [0.1, 0.15) is 11.5 Å². The predicted octanol–water partition coefficient (Wildman–Crippen LogP) is 3.83. The summed E-state index contributed by atoms with van der Waals surface area (Å²) in [6.45, 7) is 6.39. The second-order valence-electron chi connectivity index (χ2n) is 6.28. The molecule has 2 aromatic rings. The van der Waals surface area contributed by atoms with E-state index in [0.717, 1.165) is 35.5 Å². The highest BCUT2D eigenvalue weighted by Crippen LogP contribution is 2.20. The van der Waals surface area contributed by atoms with Crippen molar-refractivity contribution in [1.29, 1.82) is 0 Å². The first-order valence-corrected chi connectivity index (χ1v) is 8.64. The molecule has 2 aromatic carbocycles. The molecular formula is C21H27NO3. The van der Waals surface area contributed by atoms with E-state index in [1.54, 1.807) is 14.0 Å². The summed E-state index contributed by atoms with van der Waals surface area (Å²) in [6, 6.07) is 14.0. The van der Waals surface area contributed by atoms with Crippen molar-refractivity contribution in [2.24, 2.45) is 0 Å². The molecule has 25 heavy (non-hydrogen) atoms. The molecule has 0 saturated heterocycles. The first-order valence-electron chi connectivity index (χ1n) is 8.64. The van der Waals surface area contributed by atoms with Gasteiger partial charge in [-0.3, -0.25) is 4.79 Å². The van der Waals surface area contributed by atoms with Crippen LogP contribution in [-0.4, -0.2) is 25.7 Å². The van der Waals surface area contributed by atoms with Gasteiger partial charge in [0.15, 0.2) is 6.10 Å². The highest BCUT2D eigenvalue weighted by atomic mass is 16.5. The van der Waals surface area contributed by atoms with E-state index in [2.05, 4.69) is 11.4 Å². The quantitative estimate of drug-likeness (QED) is 0.742. The Balaban J connectivity index is 1.76. The third-order valence-corrected chi connectivity index (χ3v) is 4.09. The first-order chi connectivity index (χ1) is 12.0. The zero-order chi connectivity index (χ0) is 18.2. The number of ether oxygens (including phenoxy) is 2. The molecule has 1 amide bonds. The highest BCUT2D eigenvalue weighted by Gasteiger charge is 2.15. The molecule has 0 saturated carbocycles. The molecule has 1 N–H and O–H groups in total. The second-order valence-corrected chi connectivity index (χ2v) is 6.28. The summed E-state index contributed by atoms with van der Waals surface area (Å²) in [6.07, 6.45) is 1.25. The van der Waals surface area contributed by atoms with Crippen molar-refractivity contribution >= 4 is 5.91 Å². The number of amides is 1. The van der Waals surface area contributed by atoms with Crippen LogP contribution in [0, 0.1) is 13.8 Å². The maximum atomic E-state index is 12.2. The Morgan fingerprint density at radius 2 is 1.96 bits per heavy atom. The molecule has 0 heterocycles. The van der Waals surface area contributed by atoms with Gasteiger partial charge >= 0.3 is 0 Å². The van der Waals surface area contributed by atoms with Crippen LogP contribution in [0.4, 0.5) is 0 Å². The number of hydrogen-bond donors (Lipinski definition) is 1. The van der Waals surface area contributed by atoms with E-state index in [-0.39, 0.29) is 5.91 Å². The SMILES string of the molecule is COc1cccc(CCCNC(=O)[C@@H](C)Oc2cc(C)ccc2C)c1. The molecule has 0 radical (unpaired) electrons. The normalized spacial score (nSPS) is 11.7. The molecule has 0 aromatic heterocycles. The smallest absolute Gasteiger partial charge is 0.260 e. The van der Waals surface area contributed by atoms with Crippen LogP contribution >= 0.6 is 0 Å². The van der Waals surface area contributed by atoms with Crippen LogP contribution in [-0.2, 0) is 11.2 Å². The number of hydrogen-bond acceptors (Lipinski definition) is 3. The van der Waals surface area contributed by atoms with E-state index in [9.17, 15) is 4.79 Å². The van der Waals surface area contributed by atoms with Gasteiger partial charge in [0.2, 0.25) is 0 Å². The Morgan fingerprint density at radius 1 is 1.16 bits per heavy atom. The lowest BCUT2D eigenvalue weighted by Crippen LogP contribution is -2.37. The highest BCUT2D eigenvalue weighted by molar-refractivity contribution is 5.80. The van der Waals surface area contributed by atoms with Gasteiger partial charge in [0.25, 0.3) is 5.91 Å². The van der Waals surface area contributed by atoms with Crippen LogP contribution < -0.4 is 14.8 Å². The molecular weight excluding hydrogens is 314 g/mol. The van der Waals surface area contributed by atoms with E-state index in [0.29, 0.717) is 6.54 Å². The van der Waals surface area contributed by atoms with E-state index >= 15 is 0 Å². The van der Waals surface area contributed by atoms with Gasteiger partial charge in [-0.1, -0.05) is 24.3 Å². The van der Waals surface area contributed by atoms with E-state index < -0.39 is 6.10 Å². The molecule has 134 valence electrons. The fourth-order valence-corrected chi connectivity index (χ4v) is 2.55. The van der Waals surface area contributed by atoms with Crippen LogP contribution in [0.15, 0.2) is 42.5 Å². The Kier molecular flexibility index (Phi) is 6.87.